The monoisotopic (exact) mass is 382 g/mol. The molecule has 0 bridgehead atoms. The molecule has 1 aromatic heterocycles. The van der Waals surface area contributed by atoms with Crippen LogP contribution in [0.1, 0.15) is 6.92 Å². The first-order chi connectivity index (χ1) is 12.4. The number of ether oxygens (including phenoxy) is 1. The van der Waals surface area contributed by atoms with E-state index in [1.54, 1.807) is 19.1 Å². The summed E-state index contributed by atoms with van der Waals surface area (Å²) in [5.74, 6) is 0.510. The highest BCUT2D eigenvalue weighted by atomic mass is 32.2. The van der Waals surface area contributed by atoms with Crippen molar-refractivity contribution >= 4 is 17.8 Å². The van der Waals surface area contributed by atoms with Crippen LogP contribution in [-0.4, -0.2) is 22.9 Å². The second-order valence-corrected chi connectivity index (χ2v) is 5.67. The van der Waals surface area contributed by atoms with Gasteiger partial charge in [0.1, 0.15) is 12.1 Å². The third-order valence-corrected chi connectivity index (χ3v) is 3.68. The lowest BCUT2D eigenvalue weighted by atomic mass is 10.1. The van der Waals surface area contributed by atoms with Crippen LogP contribution in [0.2, 0.25) is 0 Å². The highest BCUT2D eigenvalue weighted by molar-refractivity contribution is 7.97. The highest BCUT2D eigenvalue weighted by Crippen LogP contribution is 2.23. The van der Waals surface area contributed by atoms with Crippen LogP contribution < -0.4 is 10.5 Å². The summed E-state index contributed by atoms with van der Waals surface area (Å²) in [6, 6.07) is 9.31. The summed E-state index contributed by atoms with van der Waals surface area (Å²) >= 11 is 1.14. The minimum atomic E-state index is -4.65. The van der Waals surface area contributed by atoms with Gasteiger partial charge < -0.3 is 5.32 Å². The van der Waals surface area contributed by atoms with E-state index in [-0.39, 0.29) is 0 Å². The second-order valence-electron chi connectivity index (χ2n) is 4.96. The number of nitrogens with two attached hydrogens (primary N) is 1. The molecule has 2 aromatic rings. The van der Waals surface area contributed by atoms with E-state index in [2.05, 4.69) is 20.0 Å². The molecular formula is C17H17F3N4OS. The molecule has 0 spiro atoms. The summed E-state index contributed by atoms with van der Waals surface area (Å²) in [5.41, 5.74) is 2.15. The third kappa shape index (κ3) is 6.51. The number of nitrogens with zero attached hydrogens (tertiary/aromatic N) is 2. The zero-order valence-electron chi connectivity index (χ0n) is 13.8. The van der Waals surface area contributed by atoms with Gasteiger partial charge in [-0.05, 0) is 37.1 Å². The molecule has 0 aliphatic heterocycles. The summed E-state index contributed by atoms with van der Waals surface area (Å²) in [7, 11) is 0. The molecule has 1 heterocycles. The van der Waals surface area contributed by atoms with Crippen LogP contribution in [0.25, 0.3) is 11.3 Å². The van der Waals surface area contributed by atoms with Crippen molar-refractivity contribution < 1.29 is 17.9 Å². The summed E-state index contributed by atoms with van der Waals surface area (Å²) < 4.78 is 39.6. The van der Waals surface area contributed by atoms with Crippen molar-refractivity contribution in [1.29, 1.82) is 0 Å². The molecule has 1 aromatic carbocycles. The van der Waals surface area contributed by atoms with Crippen LogP contribution in [0.4, 0.5) is 19.0 Å². The number of aromatic nitrogens is 2. The van der Waals surface area contributed by atoms with Gasteiger partial charge >= 0.3 is 6.36 Å². The first-order valence-electron chi connectivity index (χ1n) is 7.51. The zero-order chi connectivity index (χ0) is 19.0. The minimum Gasteiger partial charge on any atom is -0.340 e. The average Bonchev–Trinajstić information content (AvgIpc) is 2.63. The average molecular weight is 382 g/mol. The van der Waals surface area contributed by atoms with E-state index in [4.69, 9.17) is 5.14 Å². The fourth-order valence-corrected chi connectivity index (χ4v) is 2.34. The van der Waals surface area contributed by atoms with Crippen LogP contribution in [0, 0.1) is 0 Å². The van der Waals surface area contributed by atoms with Gasteiger partial charge in [0.25, 0.3) is 0 Å². The number of hydrogen-bond donors (Lipinski definition) is 2. The Morgan fingerprint density at radius 3 is 2.81 bits per heavy atom. The first-order valence-corrected chi connectivity index (χ1v) is 8.39. The van der Waals surface area contributed by atoms with E-state index in [1.165, 1.54) is 18.5 Å². The van der Waals surface area contributed by atoms with Crippen LogP contribution >= 0.6 is 11.9 Å². The van der Waals surface area contributed by atoms with E-state index in [9.17, 15) is 13.2 Å². The maximum atomic E-state index is 12.0. The zero-order valence-corrected chi connectivity index (χ0v) is 14.6. The van der Waals surface area contributed by atoms with Gasteiger partial charge in [-0.1, -0.05) is 24.3 Å². The predicted molar refractivity (Wildman–Crippen MR) is 96.0 cm³/mol. The predicted octanol–water partition coefficient (Wildman–Crippen LogP) is 4.52. The molecule has 138 valence electrons. The normalized spacial score (nSPS) is 12.6. The van der Waals surface area contributed by atoms with Gasteiger partial charge in [-0.25, -0.2) is 9.97 Å². The lowest BCUT2D eigenvalue weighted by Crippen LogP contribution is -2.13. The Labute approximate surface area is 153 Å². The molecule has 3 N–H and O–H groups in total. The Hall–Kier alpha value is -2.36. The molecule has 2 rings (SSSR count). The van der Waals surface area contributed by atoms with E-state index in [0.717, 1.165) is 22.4 Å². The minimum absolute atomic E-state index is 0.510. The molecule has 0 fully saturated rings. The molecule has 0 saturated heterocycles. The van der Waals surface area contributed by atoms with Crippen molar-refractivity contribution in [3.63, 3.8) is 0 Å². The SMILES string of the molecule is C/C=C(\C=C/COC(F)(F)F)Nc1cc(-c2cccc(SN)c2)ncn1. The van der Waals surface area contributed by atoms with Crippen LogP contribution in [0.5, 0.6) is 0 Å². The Morgan fingerprint density at radius 2 is 2.12 bits per heavy atom. The van der Waals surface area contributed by atoms with E-state index in [0.29, 0.717) is 17.2 Å². The quantitative estimate of drug-likeness (QED) is 0.542. The number of rotatable bonds is 7. The highest BCUT2D eigenvalue weighted by Gasteiger charge is 2.28. The van der Waals surface area contributed by atoms with Crippen LogP contribution in [-0.2, 0) is 4.74 Å². The molecule has 9 heteroatoms. The van der Waals surface area contributed by atoms with Gasteiger partial charge in [0.05, 0.1) is 12.3 Å². The van der Waals surface area contributed by atoms with E-state index < -0.39 is 13.0 Å². The molecule has 0 atom stereocenters. The van der Waals surface area contributed by atoms with Gasteiger partial charge in [0, 0.05) is 22.2 Å². The lowest BCUT2D eigenvalue weighted by Gasteiger charge is -2.09. The molecule has 0 aliphatic rings. The number of hydrogen-bond acceptors (Lipinski definition) is 6. The Morgan fingerprint density at radius 1 is 1.31 bits per heavy atom. The first kappa shape index (κ1) is 20.0. The number of benzene rings is 1. The van der Waals surface area contributed by atoms with Crippen molar-refractivity contribution in [2.24, 2.45) is 5.14 Å². The third-order valence-electron chi connectivity index (χ3n) is 3.16. The number of allylic oxidation sites excluding steroid dienone is 2. The van der Waals surface area contributed by atoms with Gasteiger partial charge in [-0.2, -0.15) is 0 Å². The van der Waals surface area contributed by atoms with Crippen molar-refractivity contribution in [3.8, 4) is 11.3 Å². The number of nitrogens with one attached hydrogen (secondary N) is 1. The Kier molecular flexibility index (Phi) is 7.19. The molecular weight excluding hydrogens is 365 g/mol. The molecule has 0 radical (unpaired) electrons. The van der Waals surface area contributed by atoms with Crippen molar-refractivity contribution in [1.82, 2.24) is 9.97 Å². The molecule has 0 saturated carbocycles. The van der Waals surface area contributed by atoms with Gasteiger partial charge in [-0.3, -0.25) is 9.88 Å². The van der Waals surface area contributed by atoms with Gasteiger partial charge in [-0.15, -0.1) is 13.2 Å². The summed E-state index contributed by atoms with van der Waals surface area (Å²) in [5, 5.41) is 8.59. The maximum Gasteiger partial charge on any atom is 0.522 e. The lowest BCUT2D eigenvalue weighted by molar-refractivity contribution is -0.319. The fourth-order valence-electron chi connectivity index (χ4n) is 1.99. The van der Waals surface area contributed by atoms with Gasteiger partial charge in [0.2, 0.25) is 0 Å². The van der Waals surface area contributed by atoms with E-state index >= 15 is 0 Å². The Bertz CT molecular complexity index is 794. The van der Waals surface area contributed by atoms with Gasteiger partial charge in [0.15, 0.2) is 0 Å². The summed E-state index contributed by atoms with van der Waals surface area (Å²) in [6.45, 7) is 1.18. The Balaban J connectivity index is 2.08. The molecule has 0 amide bonds. The standard InChI is InChI=1S/C17H17F3N4OS/c1-2-13(6-4-8-25-17(18,19)20)24-16-10-15(22-11-23-16)12-5-3-7-14(9-12)26-21/h2-7,9-11H,8,21H2,1H3,(H,22,23,24)/b6-4-,13-2+. The molecule has 26 heavy (non-hydrogen) atoms. The summed E-state index contributed by atoms with van der Waals surface area (Å²) in [6.07, 6.45) is 1.21. The van der Waals surface area contributed by atoms with Crippen molar-refractivity contribution in [3.05, 3.63) is 60.6 Å². The second kappa shape index (κ2) is 9.37. The topological polar surface area (TPSA) is 73.1 Å². The number of anilines is 1. The molecule has 5 nitrogen and oxygen atoms in total. The van der Waals surface area contributed by atoms with Crippen molar-refractivity contribution in [2.75, 3.05) is 11.9 Å². The smallest absolute Gasteiger partial charge is 0.340 e. The van der Waals surface area contributed by atoms with Crippen molar-refractivity contribution in [2.45, 2.75) is 18.2 Å². The van der Waals surface area contributed by atoms with E-state index in [1.807, 2.05) is 24.3 Å². The van der Waals surface area contributed by atoms with Crippen LogP contribution in [0.3, 0.4) is 0 Å². The summed E-state index contributed by atoms with van der Waals surface area (Å²) in [4.78, 5) is 9.26. The molecule has 0 unspecified atom stereocenters. The number of alkyl halides is 3. The molecule has 0 aliphatic carbocycles. The number of halogens is 3. The fraction of sp³-hybridized carbons (Fsp3) is 0.176. The largest absolute Gasteiger partial charge is 0.522 e. The maximum absolute atomic E-state index is 12.0. The van der Waals surface area contributed by atoms with Crippen LogP contribution in [0.15, 0.2) is 65.5 Å².